The number of hydrogen-bond donors (Lipinski definition) is 1. The van der Waals surface area contributed by atoms with Gasteiger partial charge in [-0.3, -0.25) is 9.10 Å². The Morgan fingerprint density at radius 3 is 2.00 bits per heavy atom. The topological polar surface area (TPSA) is 66.5 Å². The number of hydrogen-bond acceptors (Lipinski definition) is 3. The number of nitrogens with zero attached hydrogens (tertiary/aromatic N) is 1. The Bertz CT molecular complexity index is 1100. The molecular weight excluding hydrogens is 455 g/mol. The van der Waals surface area contributed by atoms with E-state index in [-0.39, 0.29) is 4.90 Å². The van der Waals surface area contributed by atoms with Crippen molar-refractivity contribution < 1.29 is 13.2 Å². The van der Waals surface area contributed by atoms with Crippen molar-refractivity contribution >= 4 is 62.1 Å². The van der Waals surface area contributed by atoms with Crippen molar-refractivity contribution in [1.82, 2.24) is 0 Å². The Labute approximate surface area is 183 Å². The molecule has 0 radical (unpaired) electrons. The zero-order valence-corrected chi connectivity index (χ0v) is 17.9. The van der Waals surface area contributed by atoms with Crippen molar-refractivity contribution in [1.29, 1.82) is 0 Å². The first kappa shape index (κ1) is 21.5. The number of benzene rings is 3. The zero-order chi connectivity index (χ0) is 21.0. The Balaban J connectivity index is 1.93. The lowest BCUT2D eigenvalue weighted by atomic mass is 10.3. The van der Waals surface area contributed by atoms with E-state index in [9.17, 15) is 13.2 Å². The van der Waals surface area contributed by atoms with Gasteiger partial charge in [0, 0.05) is 20.8 Å². The van der Waals surface area contributed by atoms with Gasteiger partial charge in [0.15, 0.2) is 0 Å². The van der Waals surface area contributed by atoms with E-state index in [4.69, 9.17) is 34.8 Å². The molecule has 0 saturated carbocycles. The van der Waals surface area contributed by atoms with Crippen LogP contribution in [-0.4, -0.2) is 20.9 Å². The molecular formula is C20H15Cl3N2O3S. The minimum atomic E-state index is -3.99. The van der Waals surface area contributed by atoms with Crippen molar-refractivity contribution in [2.75, 3.05) is 16.2 Å². The third-order valence-electron chi connectivity index (χ3n) is 3.88. The predicted octanol–water partition coefficient (Wildman–Crippen LogP) is 5.48. The monoisotopic (exact) mass is 468 g/mol. The third kappa shape index (κ3) is 5.42. The maximum absolute atomic E-state index is 13.2. The molecule has 0 aliphatic heterocycles. The van der Waals surface area contributed by atoms with Gasteiger partial charge < -0.3 is 5.32 Å². The number of amides is 1. The fourth-order valence-electron chi connectivity index (χ4n) is 2.60. The molecule has 0 fully saturated rings. The Hall–Kier alpha value is -2.25. The highest BCUT2D eigenvalue weighted by atomic mass is 35.5. The summed E-state index contributed by atoms with van der Waals surface area (Å²) in [5.41, 5.74) is 0.665. The number of sulfonamides is 1. The molecule has 1 N–H and O–H groups in total. The van der Waals surface area contributed by atoms with Gasteiger partial charge >= 0.3 is 0 Å². The van der Waals surface area contributed by atoms with Crippen LogP contribution in [0, 0.1) is 0 Å². The molecule has 0 aromatic heterocycles. The minimum Gasteiger partial charge on any atom is -0.324 e. The second kappa shape index (κ2) is 9.05. The van der Waals surface area contributed by atoms with E-state index in [1.807, 2.05) is 0 Å². The maximum atomic E-state index is 13.2. The molecule has 0 aliphatic carbocycles. The summed E-state index contributed by atoms with van der Waals surface area (Å²) in [5, 5.41) is 3.76. The molecule has 0 saturated heterocycles. The number of anilines is 2. The molecule has 1 amide bonds. The quantitative estimate of drug-likeness (QED) is 0.520. The Morgan fingerprint density at radius 2 is 1.41 bits per heavy atom. The largest absolute Gasteiger partial charge is 0.324 e. The van der Waals surface area contributed by atoms with E-state index in [0.717, 1.165) is 4.31 Å². The van der Waals surface area contributed by atoms with Crippen LogP contribution in [0.1, 0.15) is 0 Å². The molecule has 9 heteroatoms. The van der Waals surface area contributed by atoms with Crippen molar-refractivity contribution in [3.63, 3.8) is 0 Å². The van der Waals surface area contributed by atoms with Crippen molar-refractivity contribution in [2.45, 2.75) is 4.90 Å². The van der Waals surface area contributed by atoms with Gasteiger partial charge in [0.25, 0.3) is 10.0 Å². The van der Waals surface area contributed by atoms with Gasteiger partial charge in [-0.2, -0.15) is 0 Å². The van der Waals surface area contributed by atoms with Gasteiger partial charge in [-0.15, -0.1) is 0 Å². The first-order chi connectivity index (χ1) is 13.8. The van der Waals surface area contributed by atoms with E-state index >= 15 is 0 Å². The van der Waals surface area contributed by atoms with Crippen LogP contribution in [0.2, 0.25) is 15.1 Å². The summed E-state index contributed by atoms with van der Waals surface area (Å²) in [4.78, 5) is 12.7. The van der Waals surface area contributed by atoms with Crippen LogP contribution >= 0.6 is 34.8 Å². The standard InChI is InChI=1S/C20H15Cl3N2O3S/c21-14-6-8-18(9-7-14)25(29(27,28)19-4-2-1-3-5-19)13-20(26)24-17-11-15(22)10-16(23)12-17/h1-12H,13H2,(H,24,26). The number of nitrogens with one attached hydrogen (secondary N) is 1. The van der Waals surface area contributed by atoms with Gasteiger partial charge in [-0.1, -0.05) is 53.0 Å². The second-order valence-electron chi connectivity index (χ2n) is 6.01. The first-order valence-electron chi connectivity index (χ1n) is 8.35. The van der Waals surface area contributed by atoms with Gasteiger partial charge in [0.05, 0.1) is 10.6 Å². The molecule has 0 spiro atoms. The van der Waals surface area contributed by atoms with Crippen LogP contribution in [0.5, 0.6) is 0 Å². The van der Waals surface area contributed by atoms with Gasteiger partial charge in [-0.25, -0.2) is 8.42 Å². The SMILES string of the molecule is O=C(CN(c1ccc(Cl)cc1)S(=O)(=O)c1ccccc1)Nc1cc(Cl)cc(Cl)c1. The number of rotatable bonds is 6. The molecule has 0 unspecified atom stereocenters. The zero-order valence-electron chi connectivity index (χ0n) is 14.8. The molecule has 0 bridgehead atoms. The normalized spacial score (nSPS) is 11.1. The Kier molecular flexibility index (Phi) is 6.70. The molecule has 0 atom stereocenters. The highest BCUT2D eigenvalue weighted by Gasteiger charge is 2.27. The molecule has 5 nitrogen and oxygen atoms in total. The summed E-state index contributed by atoms with van der Waals surface area (Å²) >= 11 is 17.8. The number of carbonyl (C=O) groups excluding carboxylic acids is 1. The highest BCUT2D eigenvalue weighted by molar-refractivity contribution is 7.92. The maximum Gasteiger partial charge on any atom is 0.264 e. The smallest absolute Gasteiger partial charge is 0.264 e. The van der Waals surface area contributed by atoms with Gasteiger partial charge in [0.2, 0.25) is 5.91 Å². The van der Waals surface area contributed by atoms with E-state index in [1.165, 1.54) is 42.5 Å². The number of halogens is 3. The summed E-state index contributed by atoms with van der Waals surface area (Å²) in [6, 6.07) is 18.6. The van der Waals surface area contributed by atoms with Crippen LogP contribution in [0.3, 0.4) is 0 Å². The molecule has 0 aliphatic rings. The van der Waals surface area contributed by atoms with E-state index in [1.54, 1.807) is 30.3 Å². The summed E-state index contributed by atoms with van der Waals surface area (Å²) < 4.78 is 27.4. The summed E-state index contributed by atoms with van der Waals surface area (Å²) in [6.45, 7) is -0.455. The predicted molar refractivity (Wildman–Crippen MR) is 118 cm³/mol. The molecule has 3 aromatic carbocycles. The molecule has 0 heterocycles. The minimum absolute atomic E-state index is 0.0635. The van der Waals surface area contributed by atoms with Crippen LogP contribution in [0.15, 0.2) is 77.7 Å². The Morgan fingerprint density at radius 1 is 0.828 bits per heavy atom. The lowest BCUT2D eigenvalue weighted by Gasteiger charge is -2.24. The third-order valence-corrected chi connectivity index (χ3v) is 6.36. The summed E-state index contributed by atoms with van der Waals surface area (Å²) in [7, 11) is -3.99. The fourth-order valence-corrected chi connectivity index (χ4v) is 4.69. The molecule has 3 aromatic rings. The van der Waals surface area contributed by atoms with Crippen LogP contribution in [-0.2, 0) is 14.8 Å². The van der Waals surface area contributed by atoms with E-state index in [2.05, 4.69) is 5.32 Å². The average Bonchev–Trinajstić information content (AvgIpc) is 2.67. The van der Waals surface area contributed by atoms with Crippen LogP contribution < -0.4 is 9.62 Å². The van der Waals surface area contributed by atoms with E-state index < -0.39 is 22.5 Å². The fraction of sp³-hybridized carbons (Fsp3) is 0.0500. The van der Waals surface area contributed by atoms with Crippen molar-refractivity contribution in [3.05, 3.63) is 87.9 Å². The summed E-state index contributed by atoms with van der Waals surface area (Å²) in [6.07, 6.45) is 0. The lowest BCUT2D eigenvalue weighted by molar-refractivity contribution is -0.114. The van der Waals surface area contributed by atoms with Crippen molar-refractivity contribution in [2.24, 2.45) is 0 Å². The molecule has 150 valence electrons. The van der Waals surface area contributed by atoms with Crippen molar-refractivity contribution in [3.8, 4) is 0 Å². The average molecular weight is 470 g/mol. The van der Waals surface area contributed by atoms with Gasteiger partial charge in [-0.05, 0) is 54.6 Å². The number of carbonyl (C=O) groups is 1. The highest BCUT2D eigenvalue weighted by Crippen LogP contribution is 2.26. The molecule has 3 rings (SSSR count). The summed E-state index contributed by atoms with van der Waals surface area (Å²) in [5.74, 6) is -0.558. The first-order valence-corrected chi connectivity index (χ1v) is 10.9. The molecule has 29 heavy (non-hydrogen) atoms. The van der Waals surface area contributed by atoms with Crippen LogP contribution in [0.4, 0.5) is 11.4 Å². The van der Waals surface area contributed by atoms with Crippen LogP contribution in [0.25, 0.3) is 0 Å². The van der Waals surface area contributed by atoms with Gasteiger partial charge in [0.1, 0.15) is 6.54 Å². The van der Waals surface area contributed by atoms with E-state index in [0.29, 0.717) is 26.4 Å². The lowest BCUT2D eigenvalue weighted by Crippen LogP contribution is -2.38. The second-order valence-corrected chi connectivity index (χ2v) is 9.18.